The number of hydrogen-bond donors (Lipinski definition) is 2. The van der Waals surface area contributed by atoms with Crippen LogP contribution < -0.4 is 8.28 Å². The molecule has 5 rings (SSSR count). The molecule has 32 heavy (non-hydrogen) atoms. The van der Waals surface area contributed by atoms with E-state index in [2.05, 4.69) is 61.7 Å². The fraction of sp³-hybridized carbons (Fsp3) is 0.500. The van der Waals surface area contributed by atoms with Crippen LogP contribution in [0.1, 0.15) is 72.1 Å². The summed E-state index contributed by atoms with van der Waals surface area (Å²) in [6, 6.07) is 14.2. The number of carbonyl (C=O) groups is 1. The zero-order valence-electron chi connectivity index (χ0n) is 20.0. The second kappa shape index (κ2) is 11.5. The molecule has 1 aromatic carbocycles. The van der Waals surface area contributed by atoms with Crippen molar-refractivity contribution in [1.29, 1.82) is 0 Å². The van der Waals surface area contributed by atoms with Gasteiger partial charge in [0.15, 0.2) is 0 Å². The first kappa shape index (κ1) is 25.0. The molecule has 1 aliphatic heterocycles. The average Bonchev–Trinajstić information content (AvgIpc) is 3.08. The Labute approximate surface area is 198 Å². The van der Waals surface area contributed by atoms with Crippen molar-refractivity contribution in [1.82, 2.24) is 3.26 Å². The van der Waals surface area contributed by atoms with Gasteiger partial charge in [0.1, 0.15) is 0 Å². The Morgan fingerprint density at radius 2 is 1.53 bits per heavy atom. The fourth-order valence-corrected chi connectivity index (χ4v) is 15.3. The Bertz CT molecular complexity index is 1000. The molecule has 1 aliphatic carbocycles. The number of nitrogens with one attached hydrogen (secondary N) is 1. The van der Waals surface area contributed by atoms with Gasteiger partial charge in [0, 0.05) is 6.42 Å². The van der Waals surface area contributed by atoms with Crippen molar-refractivity contribution in [2.75, 3.05) is 0 Å². The van der Waals surface area contributed by atoms with Crippen molar-refractivity contribution in [3.63, 3.8) is 0 Å². The third-order valence-electron chi connectivity index (χ3n) is 6.05. The van der Waals surface area contributed by atoms with Crippen LogP contribution in [-0.2, 0) is 4.79 Å². The first-order valence-electron chi connectivity index (χ1n) is 12.0. The molecular formula is C26H39AtN3O2+2. The molecule has 0 bridgehead atoms. The monoisotopic (exact) mass is 635 g/mol. The number of carboxylic acid groups (broad SMARTS) is 1. The molecule has 3 heterocycles. The van der Waals surface area contributed by atoms with Crippen LogP contribution in [0.2, 0.25) is 4.63 Å². The van der Waals surface area contributed by atoms with Gasteiger partial charge in [0.2, 0.25) is 0 Å². The van der Waals surface area contributed by atoms with Crippen LogP contribution in [0.4, 0.5) is 0 Å². The van der Waals surface area contributed by atoms with E-state index >= 15 is 0 Å². The van der Waals surface area contributed by atoms with E-state index in [1.54, 1.807) is 0 Å². The zero-order chi connectivity index (χ0) is 23.1. The van der Waals surface area contributed by atoms with E-state index in [9.17, 15) is 4.79 Å². The average molecular weight is 636 g/mol. The molecular weight excluding hydrogens is 596 g/mol. The van der Waals surface area contributed by atoms with Crippen LogP contribution in [0.3, 0.4) is 0 Å². The Kier molecular flexibility index (Phi) is 8.96. The number of unbranched alkanes of at least 4 members (excludes halogenated alkanes) is 1. The first-order valence-corrected chi connectivity index (χ1v) is 19.1. The zero-order valence-corrected chi connectivity index (χ0v) is 22.9. The predicted octanol–water partition coefficient (Wildman–Crippen LogP) is 5.44. The Morgan fingerprint density at radius 1 is 1.00 bits per heavy atom. The molecule has 0 unspecified atom stereocenters. The normalized spacial score (nSPS) is 17.4. The van der Waals surface area contributed by atoms with Gasteiger partial charge in [0.05, 0.1) is 0 Å². The molecule has 1 saturated carbocycles. The van der Waals surface area contributed by atoms with E-state index in [0.717, 1.165) is 12.8 Å². The summed E-state index contributed by atoms with van der Waals surface area (Å²) in [6.45, 7) is 5.98. The fourth-order valence-electron chi connectivity index (χ4n) is 4.50. The standard InChI is InChI=1S/C19H23AtN3.C5H10O2.C2H6/c1-20(21-17-9-3-2-4-10-17)22-13-5-7-15-11-12-16-8-6-14-23(20)19(16)18(15)22;1-2-3-4-5(6)7;1-2/h5-8,11-14,17,21H,2-4,9-10H2,1H3;2-4H2,1H3,(H,6,7);1-2H3/q+2;;. The van der Waals surface area contributed by atoms with E-state index in [4.69, 9.17) is 5.11 Å². The van der Waals surface area contributed by atoms with Gasteiger partial charge in [-0.25, -0.2) is 0 Å². The molecule has 2 aliphatic rings. The Balaban J connectivity index is 0.000000278. The minimum atomic E-state index is -2.79. The van der Waals surface area contributed by atoms with Crippen LogP contribution in [-0.4, -0.2) is 17.1 Å². The van der Waals surface area contributed by atoms with Gasteiger partial charge in [-0.1, -0.05) is 27.2 Å². The number of aliphatic carboxylic acids is 1. The summed E-state index contributed by atoms with van der Waals surface area (Å²) in [4.78, 5) is 9.76. The summed E-state index contributed by atoms with van der Waals surface area (Å²) in [5.74, 6) is -0.693. The molecule has 175 valence electrons. The Morgan fingerprint density at radius 3 is 1.97 bits per heavy atom. The quantitative estimate of drug-likeness (QED) is 0.368. The van der Waals surface area contributed by atoms with Crippen molar-refractivity contribution in [3.8, 4) is 0 Å². The number of rotatable bonds is 5. The summed E-state index contributed by atoms with van der Waals surface area (Å²) in [5.41, 5.74) is 2.87. The molecule has 1 radical (unpaired) electrons. The maximum absolute atomic E-state index is 9.76. The molecule has 3 aromatic rings. The molecule has 1 fully saturated rings. The summed E-state index contributed by atoms with van der Waals surface area (Å²) < 4.78 is 12.0. The first-order chi connectivity index (χ1) is 15.5. The number of aromatic nitrogens is 2. The summed E-state index contributed by atoms with van der Waals surface area (Å²) in [6.07, 6.45) is 13.6. The number of carboxylic acids is 1. The molecule has 0 saturated heterocycles. The van der Waals surface area contributed by atoms with Gasteiger partial charge in [0.25, 0.3) is 0 Å². The van der Waals surface area contributed by atoms with Gasteiger partial charge in [-0.2, -0.15) is 0 Å². The topological polar surface area (TPSA) is 57.1 Å². The van der Waals surface area contributed by atoms with Crippen LogP contribution in [0.15, 0.2) is 48.8 Å². The van der Waals surface area contributed by atoms with Crippen molar-refractivity contribution < 1.29 is 36.1 Å². The molecule has 2 N–H and O–H groups in total. The van der Waals surface area contributed by atoms with E-state index < -0.39 is 27.1 Å². The third kappa shape index (κ3) is 5.12. The molecule has 6 heteroatoms. The molecule has 5 nitrogen and oxygen atoms in total. The van der Waals surface area contributed by atoms with Gasteiger partial charge in [-0.15, -0.1) is 0 Å². The van der Waals surface area contributed by atoms with E-state index in [-0.39, 0.29) is 0 Å². The van der Waals surface area contributed by atoms with Crippen LogP contribution in [0.25, 0.3) is 21.8 Å². The predicted molar refractivity (Wildman–Crippen MR) is 127 cm³/mol. The van der Waals surface area contributed by atoms with Crippen LogP contribution >= 0.6 is 0 Å². The van der Waals surface area contributed by atoms with Crippen molar-refractivity contribution in [2.24, 2.45) is 0 Å². The second-order valence-corrected chi connectivity index (χ2v) is 18.0. The molecule has 0 spiro atoms. The van der Waals surface area contributed by atoms with E-state index in [0.29, 0.717) is 12.5 Å². The third-order valence-corrected chi connectivity index (χ3v) is 16.6. The summed E-state index contributed by atoms with van der Waals surface area (Å²) in [7, 11) is 0. The number of hydrogen-bond acceptors (Lipinski definition) is 2. The number of benzene rings is 1. The van der Waals surface area contributed by atoms with Crippen molar-refractivity contribution in [3.05, 3.63) is 48.8 Å². The van der Waals surface area contributed by atoms with Crippen molar-refractivity contribution >= 4 is 27.8 Å². The van der Waals surface area contributed by atoms with Crippen LogP contribution in [0, 0.1) is 21.1 Å². The maximum atomic E-state index is 9.76. The molecule has 2 aromatic heterocycles. The molecule has 0 atom stereocenters. The van der Waals surface area contributed by atoms with E-state index in [1.807, 2.05) is 20.8 Å². The minimum absolute atomic E-state index is 0.316. The molecule has 0 amide bonds. The number of nitrogens with zero attached hydrogens (tertiary/aromatic N) is 2. The van der Waals surface area contributed by atoms with E-state index in [1.165, 1.54) is 53.9 Å². The SMILES string of the molecule is CC.CCCCC(=O)O.C[At]1(NC2CCCCC2)[n+]2cccc3ccc4ccc[n+]1c4c32. The van der Waals surface area contributed by atoms with Crippen LogP contribution in [0.5, 0.6) is 0 Å². The van der Waals surface area contributed by atoms with Gasteiger partial charge in [-0.05, 0) is 6.42 Å². The number of pyridine rings is 2. The van der Waals surface area contributed by atoms with Gasteiger partial charge < -0.3 is 5.11 Å². The second-order valence-electron chi connectivity index (χ2n) is 8.29. The summed E-state index contributed by atoms with van der Waals surface area (Å²) >= 11 is -2.79. The van der Waals surface area contributed by atoms with Gasteiger partial charge in [-0.3, -0.25) is 4.79 Å². The summed E-state index contributed by atoms with van der Waals surface area (Å²) in [5, 5.41) is 10.8. The Hall–Kier alpha value is -1.65. The van der Waals surface area contributed by atoms with Gasteiger partial charge >= 0.3 is 149 Å². The van der Waals surface area contributed by atoms with Crippen molar-refractivity contribution in [2.45, 2.75) is 82.8 Å².